The Morgan fingerprint density at radius 2 is 0.943 bits per heavy atom. The summed E-state index contributed by atoms with van der Waals surface area (Å²) in [6.07, 6.45) is 29.4. The average molecular weight is 1180 g/mol. The molecule has 15 nitrogen and oxygen atoms in total. The number of ether oxygens (including phenoxy) is 3. The normalized spacial score (nSPS) is 35.7. The highest BCUT2D eigenvalue weighted by molar-refractivity contribution is 6.02. The number of carbonyl (C=O) groups is 6. The van der Waals surface area contributed by atoms with Crippen LogP contribution in [0.4, 0.5) is 0 Å². The summed E-state index contributed by atoms with van der Waals surface area (Å²) in [5.74, 6) is 3.83. The number of hydrogen-bond donors (Lipinski definition) is 3. The Hall–Kier alpha value is -7.59. The smallest absolute Gasteiger partial charge is 0.166 e. The number of nitrogens with zero attached hydrogens (tertiary/aromatic N) is 3. The van der Waals surface area contributed by atoms with Crippen LogP contribution in [0, 0.1) is 51.8 Å². The van der Waals surface area contributed by atoms with Gasteiger partial charge in [0.1, 0.15) is 52.9 Å². The molecule has 16 rings (SSSR count). The molecule has 0 saturated heterocycles. The van der Waals surface area contributed by atoms with Gasteiger partial charge in [0.2, 0.25) is 0 Å². The van der Waals surface area contributed by atoms with Gasteiger partial charge in [-0.1, -0.05) is 63.3 Å². The van der Waals surface area contributed by atoms with Crippen LogP contribution in [0.15, 0.2) is 167 Å². The van der Waals surface area contributed by atoms with Crippen molar-refractivity contribution in [2.45, 2.75) is 140 Å². The maximum Gasteiger partial charge on any atom is 0.166 e. The molecule has 15 atom stereocenters. The molecule has 1 aromatic carbocycles. The van der Waals surface area contributed by atoms with Crippen LogP contribution < -0.4 is 17.2 Å². The Kier molecular flexibility index (Phi) is 14.8. The van der Waals surface area contributed by atoms with Crippen molar-refractivity contribution in [2.75, 3.05) is 19.6 Å². The van der Waals surface area contributed by atoms with Gasteiger partial charge in [0.25, 0.3) is 0 Å². The molecule has 454 valence electrons. The fourth-order valence-corrected chi connectivity index (χ4v) is 18.1. The molecule has 0 bridgehead atoms. The molecule has 3 aliphatic heterocycles. The van der Waals surface area contributed by atoms with E-state index >= 15 is 0 Å². The minimum absolute atomic E-state index is 0.0452. The third-order valence-corrected chi connectivity index (χ3v) is 22.8. The molecule has 0 spiro atoms. The highest BCUT2D eigenvalue weighted by atomic mass is 16.5. The van der Waals surface area contributed by atoms with Crippen molar-refractivity contribution in [3.05, 3.63) is 183 Å². The summed E-state index contributed by atoms with van der Waals surface area (Å²) in [6.45, 7) is 8.12. The van der Waals surface area contributed by atoms with E-state index in [-0.39, 0.29) is 117 Å². The van der Waals surface area contributed by atoms with E-state index < -0.39 is 0 Å². The quantitative estimate of drug-likeness (QED) is 0.162. The number of benzene rings is 1. The molecule has 4 aromatic rings. The van der Waals surface area contributed by atoms with Crippen LogP contribution in [0.5, 0.6) is 0 Å². The first-order chi connectivity index (χ1) is 42.5. The van der Waals surface area contributed by atoms with Gasteiger partial charge < -0.3 is 31.4 Å². The van der Waals surface area contributed by atoms with E-state index in [0.717, 1.165) is 100.0 Å². The number of fused-ring (bicyclic) bond motifs is 10. The Morgan fingerprint density at radius 3 is 1.45 bits per heavy atom. The molecule has 12 aliphatic rings. The van der Waals surface area contributed by atoms with Gasteiger partial charge in [0.05, 0.1) is 22.6 Å². The van der Waals surface area contributed by atoms with Crippen molar-refractivity contribution in [2.24, 2.45) is 69.0 Å². The van der Waals surface area contributed by atoms with E-state index in [0.29, 0.717) is 75.9 Å². The predicted molar refractivity (Wildman–Crippen MR) is 330 cm³/mol. The number of rotatable bonds is 6. The molecule has 3 aromatic heterocycles. The second kappa shape index (κ2) is 22.5. The number of pyridine rings is 3. The third-order valence-electron chi connectivity index (χ3n) is 22.8. The summed E-state index contributed by atoms with van der Waals surface area (Å²) in [5, 5.41) is 2.20. The van der Waals surface area contributed by atoms with E-state index in [4.69, 9.17) is 31.4 Å². The maximum absolute atomic E-state index is 13.4. The standard InChI is InChI=1S/C27H28N2O3.C23H26N2O3.C23H24N2O3/c1-27-6-4-18-11-20-22(30)8-15(13-28)9-24(20)32-26(18)21(27)12-23(31)25(27)17-2-3-19-14-29-7-5-16(19)10-17;2*1-23-5-4-14-9-16-18(26)7-13(11-24)8-20(16)28-22(14)17(23)10-19(27)21(23)15-3-2-6-25-12-15/h2-3,5,7,10-11,14-15,21,25-26H,4,6,8-9,12-13,28H2,1H3;2-3,6,9,12-13,17,21-22H,4-5,7-8,10-11,24H2,1H3;2-6,9,12-13,17,21-22H,7-8,10-11,24H2,1H3/t15?,21-,25-,26+,27-;2*13?,17-,21-,22+,23-/m000/s1. The number of Topliss-reactive ketones (excluding diaryl/α,β-unsaturated/α-hetero) is 6. The number of carbonyl (C=O) groups excluding carboxylic acids is 6. The summed E-state index contributed by atoms with van der Waals surface area (Å²) >= 11 is 0. The molecule has 0 radical (unpaired) electrons. The molecule has 15 heteroatoms. The highest BCUT2D eigenvalue weighted by Crippen LogP contribution is 2.63. The fourth-order valence-electron chi connectivity index (χ4n) is 18.1. The van der Waals surface area contributed by atoms with Gasteiger partial charge >= 0.3 is 0 Å². The molecular formula is C73H78N6O9. The summed E-state index contributed by atoms with van der Waals surface area (Å²) in [6, 6.07) is 16.1. The fraction of sp³-hybridized carbons (Fsp3) is 0.466. The molecule has 88 heavy (non-hydrogen) atoms. The first-order valence-electron chi connectivity index (χ1n) is 31.9. The van der Waals surface area contributed by atoms with E-state index in [1.54, 1.807) is 24.8 Å². The summed E-state index contributed by atoms with van der Waals surface area (Å²) < 4.78 is 19.5. The number of aromatic nitrogens is 3. The van der Waals surface area contributed by atoms with Crippen molar-refractivity contribution in [1.29, 1.82) is 0 Å². The minimum atomic E-state index is -0.327. The van der Waals surface area contributed by atoms with Crippen molar-refractivity contribution in [1.82, 2.24) is 15.0 Å². The number of allylic oxidation sites excluding steroid dienone is 10. The van der Waals surface area contributed by atoms with Crippen molar-refractivity contribution in [3.63, 3.8) is 0 Å². The van der Waals surface area contributed by atoms with E-state index in [1.165, 1.54) is 11.1 Å². The maximum atomic E-state index is 13.4. The van der Waals surface area contributed by atoms with Gasteiger partial charge in [0.15, 0.2) is 17.3 Å². The Labute approximate surface area is 513 Å². The van der Waals surface area contributed by atoms with E-state index in [1.807, 2.05) is 48.8 Å². The number of ketones is 6. The van der Waals surface area contributed by atoms with Crippen LogP contribution in [-0.4, -0.2) is 87.6 Å². The van der Waals surface area contributed by atoms with Crippen LogP contribution >= 0.6 is 0 Å². The van der Waals surface area contributed by atoms with Crippen LogP contribution in [-0.2, 0) is 43.0 Å². The van der Waals surface area contributed by atoms with Crippen LogP contribution in [0.2, 0.25) is 0 Å². The van der Waals surface area contributed by atoms with Crippen molar-refractivity contribution < 1.29 is 43.0 Å². The summed E-state index contributed by atoms with van der Waals surface area (Å²) in [4.78, 5) is 89.9. The number of nitrogens with two attached hydrogens (primary N) is 3. The van der Waals surface area contributed by atoms with Crippen molar-refractivity contribution in [3.8, 4) is 0 Å². The van der Waals surface area contributed by atoms with Crippen LogP contribution in [0.25, 0.3) is 10.8 Å². The largest absolute Gasteiger partial charge is 0.489 e. The van der Waals surface area contributed by atoms with Gasteiger partial charge in [0, 0.05) is 135 Å². The second-order valence-corrected chi connectivity index (χ2v) is 27.9. The topological polar surface area (TPSA) is 247 Å². The van der Waals surface area contributed by atoms with Crippen LogP contribution in [0.3, 0.4) is 0 Å². The zero-order chi connectivity index (χ0) is 61.0. The average Bonchev–Trinajstić information content (AvgIpc) is 1.63. The van der Waals surface area contributed by atoms with Gasteiger partial charge in [-0.25, -0.2) is 0 Å². The molecule has 9 aliphatic carbocycles. The predicted octanol–water partition coefficient (Wildman–Crippen LogP) is 10.1. The first-order valence-corrected chi connectivity index (χ1v) is 31.9. The lowest BCUT2D eigenvalue weighted by Gasteiger charge is -2.47. The van der Waals surface area contributed by atoms with Gasteiger partial charge in [-0.3, -0.25) is 43.7 Å². The zero-order valence-corrected chi connectivity index (χ0v) is 50.5. The molecule has 6 heterocycles. The lowest BCUT2D eigenvalue weighted by Crippen LogP contribution is -2.44. The van der Waals surface area contributed by atoms with Crippen LogP contribution in [0.1, 0.15) is 139 Å². The van der Waals surface area contributed by atoms with Crippen molar-refractivity contribution >= 4 is 45.5 Å². The summed E-state index contributed by atoms with van der Waals surface area (Å²) in [5.41, 5.74) is 25.5. The highest BCUT2D eigenvalue weighted by Gasteiger charge is 2.61. The van der Waals surface area contributed by atoms with Gasteiger partial charge in [-0.15, -0.1) is 0 Å². The Bertz CT molecular complexity index is 3840. The molecule has 0 amide bonds. The van der Waals surface area contributed by atoms with Gasteiger partial charge in [-0.05, 0) is 149 Å². The zero-order valence-electron chi connectivity index (χ0n) is 50.5. The SMILES string of the molecule is C[C@]12C=CC3=CC4=C(CC(CN)CC4=O)O[C@H]3[C@@H]1CC(=O)[C@@H]2c1cccnc1.C[C@]12CCC3=CC4=C(CC(CN)CC4=O)O[C@H]3[C@@H]1CC(=O)[C@@H]2c1ccc2cnccc2c1.C[C@]12CCC3=CC4=C(CC(CN)CC4=O)O[C@H]3[C@@H]1CC(=O)[C@@H]2c1cccnc1. The molecular weight excluding hydrogens is 1100 g/mol. The van der Waals surface area contributed by atoms with E-state index in [9.17, 15) is 28.8 Å². The third kappa shape index (κ3) is 9.67. The molecule has 3 unspecified atom stereocenters. The Morgan fingerprint density at radius 1 is 0.477 bits per heavy atom. The Balaban J connectivity index is 0.000000116. The monoisotopic (exact) mass is 1180 g/mol. The lowest BCUT2D eigenvalue weighted by molar-refractivity contribution is -0.120. The molecule has 5 saturated carbocycles. The summed E-state index contributed by atoms with van der Waals surface area (Å²) in [7, 11) is 0. The number of hydrogen-bond acceptors (Lipinski definition) is 15. The van der Waals surface area contributed by atoms with Gasteiger partial charge in [-0.2, -0.15) is 0 Å². The second-order valence-electron chi connectivity index (χ2n) is 27.9. The molecule has 6 N–H and O–H groups in total. The first kappa shape index (κ1) is 58.1. The lowest BCUT2D eigenvalue weighted by atomic mass is 9.61. The van der Waals surface area contributed by atoms with E-state index in [2.05, 4.69) is 78.2 Å². The minimum Gasteiger partial charge on any atom is -0.489 e. The molecule has 5 fully saturated rings.